The zero-order chi connectivity index (χ0) is 13.1. The maximum Gasteiger partial charge on any atom is 0.315 e. The third kappa shape index (κ3) is 2.76. The lowest BCUT2D eigenvalue weighted by molar-refractivity contribution is 0.478. The molecule has 1 aromatic heterocycles. The van der Waals surface area contributed by atoms with Gasteiger partial charge in [-0.3, -0.25) is 0 Å². The Labute approximate surface area is 112 Å². The fraction of sp³-hybridized carbons (Fsp3) is 0.429. The van der Waals surface area contributed by atoms with Gasteiger partial charge in [0, 0.05) is 6.04 Å². The van der Waals surface area contributed by atoms with Crippen molar-refractivity contribution in [3.05, 3.63) is 41.3 Å². The highest BCUT2D eigenvalue weighted by molar-refractivity contribution is 5.33. The summed E-state index contributed by atoms with van der Waals surface area (Å²) < 4.78 is 5.52. The van der Waals surface area contributed by atoms with E-state index in [4.69, 9.17) is 4.42 Å². The molecule has 0 spiro atoms. The predicted molar refractivity (Wildman–Crippen MR) is 72.9 cm³/mol. The van der Waals surface area contributed by atoms with Crippen LogP contribution in [0, 0.1) is 0 Å². The van der Waals surface area contributed by atoms with Gasteiger partial charge in [0.1, 0.15) is 0 Å². The number of aryl methyl sites for hydroxylation is 1. The van der Waals surface area contributed by atoms with Crippen LogP contribution in [0.25, 0.3) is 0 Å². The van der Waals surface area contributed by atoms with Gasteiger partial charge in [-0.25, -0.2) is 0 Å². The Bertz CT molecular complexity index is 552. The lowest BCUT2D eigenvalue weighted by atomic mass is 9.88. The van der Waals surface area contributed by atoms with Gasteiger partial charge in [0.05, 0.1) is 6.54 Å². The Balaban J connectivity index is 1.65. The van der Waals surface area contributed by atoms with Crippen molar-refractivity contribution in [3.63, 3.8) is 0 Å². The second-order valence-electron chi connectivity index (χ2n) is 4.88. The van der Waals surface area contributed by atoms with Gasteiger partial charge in [-0.2, -0.15) is 0 Å². The molecule has 0 aliphatic heterocycles. The minimum absolute atomic E-state index is 0.373. The van der Waals surface area contributed by atoms with E-state index >= 15 is 0 Å². The van der Waals surface area contributed by atoms with E-state index in [1.807, 2.05) is 7.05 Å². The molecule has 1 unspecified atom stereocenters. The smallest absolute Gasteiger partial charge is 0.315 e. The molecule has 1 atom stereocenters. The number of hydrogen-bond acceptors (Lipinski definition) is 5. The molecule has 1 aliphatic carbocycles. The number of benzene rings is 1. The zero-order valence-corrected chi connectivity index (χ0v) is 11.0. The molecule has 1 aliphatic rings. The molecule has 2 aromatic rings. The van der Waals surface area contributed by atoms with Gasteiger partial charge in [-0.05, 0) is 37.4 Å². The minimum Gasteiger partial charge on any atom is -0.407 e. The Hall–Kier alpha value is -1.88. The lowest BCUT2D eigenvalue weighted by Crippen LogP contribution is -2.27. The molecule has 19 heavy (non-hydrogen) atoms. The summed E-state index contributed by atoms with van der Waals surface area (Å²) in [6.45, 7) is 0.599. The van der Waals surface area contributed by atoms with Gasteiger partial charge in [0.2, 0.25) is 5.89 Å². The SMILES string of the molecule is CNCc1nnc(NC2CCc3ccccc3C2)o1. The minimum atomic E-state index is 0.373. The molecular weight excluding hydrogens is 240 g/mol. The highest BCUT2D eigenvalue weighted by Crippen LogP contribution is 2.23. The van der Waals surface area contributed by atoms with Crippen LogP contribution in [0.2, 0.25) is 0 Å². The van der Waals surface area contributed by atoms with E-state index in [1.54, 1.807) is 0 Å². The van der Waals surface area contributed by atoms with Crippen molar-refractivity contribution in [2.24, 2.45) is 0 Å². The summed E-state index contributed by atoms with van der Waals surface area (Å²) in [5, 5.41) is 14.3. The van der Waals surface area contributed by atoms with E-state index in [-0.39, 0.29) is 0 Å². The number of hydrogen-bond donors (Lipinski definition) is 2. The highest BCUT2D eigenvalue weighted by Gasteiger charge is 2.19. The van der Waals surface area contributed by atoms with E-state index in [9.17, 15) is 0 Å². The maximum atomic E-state index is 5.52. The number of fused-ring (bicyclic) bond motifs is 1. The van der Waals surface area contributed by atoms with Crippen LogP contribution < -0.4 is 10.6 Å². The van der Waals surface area contributed by atoms with Crippen LogP contribution in [-0.4, -0.2) is 23.3 Å². The molecule has 0 radical (unpaired) electrons. The lowest BCUT2D eigenvalue weighted by Gasteiger charge is -2.24. The molecule has 0 bridgehead atoms. The molecule has 1 aromatic carbocycles. The largest absolute Gasteiger partial charge is 0.407 e. The molecule has 100 valence electrons. The summed E-state index contributed by atoms with van der Waals surface area (Å²) in [5.74, 6) is 0.612. The van der Waals surface area contributed by atoms with Crippen molar-refractivity contribution in [2.45, 2.75) is 31.8 Å². The van der Waals surface area contributed by atoms with E-state index in [0.717, 1.165) is 19.3 Å². The van der Waals surface area contributed by atoms with Gasteiger partial charge in [0.15, 0.2) is 0 Å². The molecule has 0 saturated carbocycles. The van der Waals surface area contributed by atoms with Gasteiger partial charge >= 0.3 is 6.01 Å². The van der Waals surface area contributed by atoms with Crippen LogP contribution in [0.1, 0.15) is 23.4 Å². The number of nitrogens with zero attached hydrogens (tertiary/aromatic N) is 2. The summed E-state index contributed by atoms with van der Waals surface area (Å²) in [4.78, 5) is 0. The molecule has 0 amide bonds. The Kier molecular flexibility index (Phi) is 3.46. The van der Waals surface area contributed by atoms with Gasteiger partial charge in [-0.15, -0.1) is 5.10 Å². The Morgan fingerprint density at radius 1 is 1.26 bits per heavy atom. The van der Waals surface area contributed by atoms with Crippen molar-refractivity contribution >= 4 is 6.01 Å². The van der Waals surface area contributed by atoms with Crippen LogP contribution in [0.15, 0.2) is 28.7 Å². The summed E-state index contributed by atoms with van der Waals surface area (Å²) in [6.07, 6.45) is 3.21. The first-order chi connectivity index (χ1) is 9.35. The molecule has 2 N–H and O–H groups in total. The topological polar surface area (TPSA) is 63.0 Å². The van der Waals surface area contributed by atoms with Gasteiger partial charge < -0.3 is 15.1 Å². The molecule has 3 rings (SSSR count). The second kappa shape index (κ2) is 5.40. The van der Waals surface area contributed by atoms with E-state index in [2.05, 4.69) is 45.1 Å². The number of nitrogens with one attached hydrogen (secondary N) is 2. The zero-order valence-electron chi connectivity index (χ0n) is 11.0. The van der Waals surface area contributed by atoms with Crippen molar-refractivity contribution < 1.29 is 4.42 Å². The fourth-order valence-corrected chi connectivity index (χ4v) is 2.53. The highest BCUT2D eigenvalue weighted by atomic mass is 16.4. The standard InChI is InChI=1S/C14H18N4O/c1-15-9-13-17-18-14(19-13)16-12-7-6-10-4-2-3-5-11(10)8-12/h2-5,12,15H,6-9H2,1H3,(H,16,18). The van der Waals surface area contributed by atoms with Gasteiger partial charge in [0.25, 0.3) is 0 Å². The van der Waals surface area contributed by atoms with Crippen LogP contribution in [0.4, 0.5) is 6.01 Å². The predicted octanol–water partition coefficient (Wildman–Crippen LogP) is 1.76. The van der Waals surface area contributed by atoms with Gasteiger partial charge in [-0.1, -0.05) is 29.4 Å². The molecule has 0 fully saturated rings. The van der Waals surface area contributed by atoms with Crippen molar-refractivity contribution in [1.82, 2.24) is 15.5 Å². The quantitative estimate of drug-likeness (QED) is 0.875. The first-order valence-electron chi connectivity index (χ1n) is 6.65. The average Bonchev–Trinajstić information content (AvgIpc) is 2.86. The molecule has 5 nitrogen and oxygen atoms in total. The Morgan fingerprint density at radius 3 is 2.95 bits per heavy atom. The number of aromatic nitrogens is 2. The number of rotatable bonds is 4. The third-order valence-corrected chi connectivity index (χ3v) is 3.47. The summed E-state index contributed by atoms with van der Waals surface area (Å²) in [5.41, 5.74) is 2.88. The normalized spacial score (nSPS) is 18.1. The molecule has 0 saturated heterocycles. The van der Waals surface area contributed by atoms with Crippen molar-refractivity contribution in [1.29, 1.82) is 0 Å². The summed E-state index contributed by atoms with van der Waals surface area (Å²) in [6, 6.07) is 9.51. The number of anilines is 1. The van der Waals surface area contributed by atoms with E-state index in [1.165, 1.54) is 11.1 Å². The monoisotopic (exact) mass is 258 g/mol. The van der Waals surface area contributed by atoms with Crippen LogP contribution in [-0.2, 0) is 19.4 Å². The third-order valence-electron chi connectivity index (χ3n) is 3.47. The summed E-state index contributed by atoms with van der Waals surface area (Å²) in [7, 11) is 1.86. The van der Waals surface area contributed by atoms with Crippen LogP contribution in [0.5, 0.6) is 0 Å². The Morgan fingerprint density at radius 2 is 2.11 bits per heavy atom. The molecule has 1 heterocycles. The molecular formula is C14H18N4O. The maximum absolute atomic E-state index is 5.52. The van der Waals surface area contributed by atoms with Crippen molar-refractivity contribution in [2.75, 3.05) is 12.4 Å². The average molecular weight is 258 g/mol. The second-order valence-corrected chi connectivity index (χ2v) is 4.88. The van der Waals surface area contributed by atoms with Crippen LogP contribution >= 0.6 is 0 Å². The van der Waals surface area contributed by atoms with Crippen molar-refractivity contribution in [3.8, 4) is 0 Å². The summed E-state index contributed by atoms with van der Waals surface area (Å²) >= 11 is 0. The van der Waals surface area contributed by atoms with Crippen LogP contribution in [0.3, 0.4) is 0 Å². The first kappa shape index (κ1) is 12.2. The van der Waals surface area contributed by atoms with E-state index in [0.29, 0.717) is 24.5 Å². The van der Waals surface area contributed by atoms with E-state index < -0.39 is 0 Å². The molecule has 5 heteroatoms. The first-order valence-corrected chi connectivity index (χ1v) is 6.65. The fourth-order valence-electron chi connectivity index (χ4n) is 2.53.